The van der Waals surface area contributed by atoms with Crippen LogP contribution in [0.1, 0.15) is 11.1 Å². The summed E-state index contributed by atoms with van der Waals surface area (Å²) in [6.45, 7) is 0.265. The van der Waals surface area contributed by atoms with E-state index in [9.17, 15) is 4.79 Å². The van der Waals surface area contributed by atoms with Gasteiger partial charge in [0.05, 0.1) is 29.2 Å². The lowest BCUT2D eigenvalue weighted by Gasteiger charge is -2.14. The molecule has 0 bridgehead atoms. The van der Waals surface area contributed by atoms with E-state index in [1.54, 1.807) is 54.6 Å². The molecule has 0 aliphatic carbocycles. The molecule has 0 amide bonds. The molecule has 2 aromatic heterocycles. The zero-order valence-corrected chi connectivity index (χ0v) is 26.5. The Labute approximate surface area is 266 Å². The predicted molar refractivity (Wildman–Crippen MR) is 173 cm³/mol. The number of hydrogen-bond acceptors (Lipinski definition) is 6. The standard InChI is InChI=1S/C31H19Br2Cl2N3O4/c1-40-27-11-17(10-24(35)29(27)41-16-18-6-7-20(32)14-23(18)33)15-36-38-30(37-25-5-3-2-4-22(25)31(38)39)28-13-19-12-21(34)8-9-26(19)42-28/h2-15H,16H2,1H3. The van der Waals surface area contributed by atoms with Crippen molar-refractivity contribution in [2.24, 2.45) is 5.10 Å². The van der Waals surface area contributed by atoms with Crippen LogP contribution in [0.4, 0.5) is 0 Å². The highest BCUT2D eigenvalue weighted by Gasteiger charge is 2.17. The molecule has 6 aromatic rings. The number of furan rings is 1. The molecule has 11 heteroatoms. The number of methoxy groups -OCH3 is 1. The van der Waals surface area contributed by atoms with Gasteiger partial charge in [-0.15, -0.1) is 0 Å². The number of halogens is 4. The Morgan fingerprint density at radius 2 is 1.86 bits per heavy atom. The van der Waals surface area contributed by atoms with Crippen molar-refractivity contribution in [2.75, 3.05) is 7.11 Å². The first kappa shape index (κ1) is 28.5. The molecule has 0 fully saturated rings. The first-order valence-electron chi connectivity index (χ1n) is 12.5. The molecule has 0 spiro atoms. The van der Waals surface area contributed by atoms with E-state index in [1.165, 1.54) is 18.0 Å². The van der Waals surface area contributed by atoms with E-state index < -0.39 is 0 Å². The van der Waals surface area contributed by atoms with E-state index in [0.717, 1.165) is 19.9 Å². The van der Waals surface area contributed by atoms with Crippen molar-refractivity contribution >= 4 is 83.1 Å². The lowest BCUT2D eigenvalue weighted by Crippen LogP contribution is -2.20. The van der Waals surface area contributed by atoms with E-state index in [4.69, 9.17) is 42.1 Å². The summed E-state index contributed by atoms with van der Waals surface area (Å²) in [7, 11) is 1.53. The van der Waals surface area contributed by atoms with Crippen molar-refractivity contribution in [3.63, 3.8) is 0 Å². The summed E-state index contributed by atoms with van der Waals surface area (Å²) < 4.78 is 20.7. The summed E-state index contributed by atoms with van der Waals surface area (Å²) in [4.78, 5) is 18.3. The molecule has 0 saturated carbocycles. The van der Waals surface area contributed by atoms with Gasteiger partial charge in [0.25, 0.3) is 5.56 Å². The topological polar surface area (TPSA) is 78.9 Å². The molecule has 0 N–H and O–H groups in total. The van der Waals surface area contributed by atoms with Gasteiger partial charge >= 0.3 is 0 Å². The van der Waals surface area contributed by atoms with Gasteiger partial charge in [-0.25, -0.2) is 4.98 Å². The van der Waals surface area contributed by atoms with E-state index in [0.29, 0.717) is 49.4 Å². The normalized spacial score (nSPS) is 11.5. The molecule has 7 nitrogen and oxygen atoms in total. The molecule has 0 radical (unpaired) electrons. The highest BCUT2D eigenvalue weighted by atomic mass is 79.9. The maximum Gasteiger partial charge on any atom is 0.282 e. The summed E-state index contributed by atoms with van der Waals surface area (Å²) in [5.74, 6) is 1.40. The number of ether oxygens (including phenoxy) is 2. The minimum Gasteiger partial charge on any atom is -0.493 e. The van der Waals surface area contributed by atoms with Crippen LogP contribution < -0.4 is 15.0 Å². The second kappa shape index (κ2) is 11.9. The first-order chi connectivity index (χ1) is 20.3. The molecule has 0 saturated heterocycles. The molecule has 2 heterocycles. The van der Waals surface area contributed by atoms with Gasteiger partial charge in [0.1, 0.15) is 12.2 Å². The van der Waals surface area contributed by atoms with E-state index >= 15 is 0 Å². The third kappa shape index (κ3) is 5.70. The lowest BCUT2D eigenvalue weighted by atomic mass is 10.2. The van der Waals surface area contributed by atoms with Crippen molar-refractivity contribution < 1.29 is 13.9 Å². The largest absolute Gasteiger partial charge is 0.493 e. The van der Waals surface area contributed by atoms with Gasteiger partial charge in [-0.1, -0.05) is 73.3 Å². The number of benzene rings is 4. The third-order valence-corrected chi connectivity index (χ3v) is 8.16. The van der Waals surface area contributed by atoms with E-state index in [-0.39, 0.29) is 18.0 Å². The average Bonchev–Trinajstić information content (AvgIpc) is 3.39. The quantitative estimate of drug-likeness (QED) is 0.153. The molecular weight excluding hydrogens is 709 g/mol. The van der Waals surface area contributed by atoms with Gasteiger partial charge < -0.3 is 13.9 Å². The summed E-state index contributed by atoms with van der Waals surface area (Å²) in [6, 6.07) is 23.3. The second-order valence-corrected chi connectivity index (χ2v) is 11.8. The van der Waals surface area contributed by atoms with Gasteiger partial charge in [0, 0.05) is 24.9 Å². The Kier molecular flexibility index (Phi) is 8.09. The van der Waals surface area contributed by atoms with Crippen molar-refractivity contribution in [1.82, 2.24) is 9.66 Å². The number of aromatic nitrogens is 2. The van der Waals surface area contributed by atoms with Gasteiger partial charge in [0.2, 0.25) is 5.82 Å². The summed E-state index contributed by atoms with van der Waals surface area (Å²) >= 11 is 19.8. The van der Waals surface area contributed by atoms with Crippen molar-refractivity contribution in [2.45, 2.75) is 6.61 Å². The van der Waals surface area contributed by atoms with Gasteiger partial charge in [-0.05, 0) is 66.2 Å². The number of nitrogens with zero attached hydrogens (tertiary/aromatic N) is 3. The van der Waals surface area contributed by atoms with Gasteiger partial charge in [-0.3, -0.25) is 4.79 Å². The van der Waals surface area contributed by atoms with E-state index in [1.807, 2.05) is 24.3 Å². The fourth-order valence-electron chi connectivity index (χ4n) is 4.38. The molecule has 0 atom stereocenters. The van der Waals surface area contributed by atoms with Crippen LogP contribution in [0.25, 0.3) is 33.5 Å². The van der Waals surface area contributed by atoms with Crippen LogP contribution in [0.3, 0.4) is 0 Å². The van der Waals surface area contributed by atoms with Crippen molar-refractivity contribution in [3.05, 3.63) is 119 Å². The van der Waals surface area contributed by atoms with Crippen LogP contribution in [0.15, 0.2) is 102 Å². The fourth-order valence-corrected chi connectivity index (χ4v) is 6.00. The molecule has 0 unspecified atom stereocenters. The maximum atomic E-state index is 13.6. The third-order valence-electron chi connectivity index (χ3n) is 6.41. The fraction of sp³-hybridized carbons (Fsp3) is 0.0645. The summed E-state index contributed by atoms with van der Waals surface area (Å²) in [6.07, 6.45) is 1.50. The minimum absolute atomic E-state index is 0.236. The predicted octanol–water partition coefficient (Wildman–Crippen LogP) is 9.11. The zero-order chi connectivity index (χ0) is 29.4. The number of fused-ring (bicyclic) bond motifs is 2. The van der Waals surface area contributed by atoms with Crippen LogP contribution >= 0.6 is 55.1 Å². The molecular formula is C31H19Br2Cl2N3O4. The van der Waals surface area contributed by atoms with Crippen LogP contribution in [-0.4, -0.2) is 23.0 Å². The summed E-state index contributed by atoms with van der Waals surface area (Å²) in [5.41, 5.74) is 2.28. The Morgan fingerprint density at radius 3 is 2.67 bits per heavy atom. The summed E-state index contributed by atoms with van der Waals surface area (Å²) in [5, 5.41) is 6.59. The number of hydrogen-bond donors (Lipinski definition) is 0. The van der Waals surface area contributed by atoms with Gasteiger partial charge in [-0.2, -0.15) is 9.78 Å². The van der Waals surface area contributed by atoms with Crippen molar-refractivity contribution in [3.8, 4) is 23.1 Å². The Morgan fingerprint density at radius 1 is 1.02 bits per heavy atom. The molecule has 42 heavy (non-hydrogen) atoms. The van der Waals surface area contributed by atoms with Crippen LogP contribution in [0, 0.1) is 0 Å². The number of para-hydroxylation sites is 1. The monoisotopic (exact) mass is 725 g/mol. The molecule has 6 rings (SSSR count). The first-order valence-corrected chi connectivity index (χ1v) is 14.8. The number of rotatable bonds is 7. The second-order valence-electron chi connectivity index (χ2n) is 9.17. The Hall–Kier alpha value is -3.63. The minimum atomic E-state index is -0.358. The average molecular weight is 728 g/mol. The van der Waals surface area contributed by atoms with Crippen LogP contribution in [-0.2, 0) is 6.61 Å². The van der Waals surface area contributed by atoms with Crippen molar-refractivity contribution in [1.29, 1.82) is 0 Å². The molecule has 0 aliphatic rings. The van der Waals surface area contributed by atoms with E-state index in [2.05, 4.69) is 37.0 Å². The highest BCUT2D eigenvalue weighted by molar-refractivity contribution is 9.11. The molecule has 4 aromatic carbocycles. The van der Waals surface area contributed by atoms with Crippen LogP contribution in [0.5, 0.6) is 11.5 Å². The Bertz CT molecular complexity index is 2070. The maximum absolute atomic E-state index is 13.6. The highest BCUT2D eigenvalue weighted by Crippen LogP contribution is 2.37. The smallest absolute Gasteiger partial charge is 0.282 e. The molecule has 0 aliphatic heterocycles. The lowest BCUT2D eigenvalue weighted by molar-refractivity contribution is 0.284. The van der Waals surface area contributed by atoms with Gasteiger partial charge in [0.15, 0.2) is 17.3 Å². The Balaban J connectivity index is 1.39. The molecule has 210 valence electrons. The van der Waals surface area contributed by atoms with Crippen LogP contribution in [0.2, 0.25) is 10.0 Å². The SMILES string of the molecule is COc1cc(C=Nn2c(-c3cc4cc(Cl)ccc4o3)nc3ccccc3c2=O)cc(Cl)c1OCc1ccc(Br)cc1Br. The zero-order valence-electron chi connectivity index (χ0n) is 21.8.